The van der Waals surface area contributed by atoms with Crippen LogP contribution in [0.1, 0.15) is 44.1 Å². The van der Waals surface area contributed by atoms with E-state index in [4.69, 9.17) is 26.2 Å². The molecule has 51 heavy (non-hydrogen) atoms. The van der Waals surface area contributed by atoms with Gasteiger partial charge in [-0.15, -0.1) is 6.42 Å². The van der Waals surface area contributed by atoms with E-state index in [1.807, 2.05) is 6.20 Å². The molecule has 0 unspecified atom stereocenters. The third-order valence-electron chi connectivity index (χ3n) is 11.3. The monoisotopic (exact) mass is 693 g/mol. The van der Waals surface area contributed by atoms with Crippen molar-refractivity contribution in [2.75, 3.05) is 44.2 Å². The van der Waals surface area contributed by atoms with Gasteiger partial charge in [0.25, 0.3) is 0 Å². The molecular formula is C39H38F3N7O2. The Labute approximate surface area is 293 Å². The number of anilines is 1. The van der Waals surface area contributed by atoms with Crippen LogP contribution in [0, 0.1) is 29.4 Å². The Kier molecular flexibility index (Phi) is 7.63. The summed E-state index contributed by atoms with van der Waals surface area (Å²) >= 11 is 0. The van der Waals surface area contributed by atoms with Crippen LogP contribution in [-0.2, 0) is 7.05 Å². The highest BCUT2D eigenvalue weighted by molar-refractivity contribution is 6.18. The first-order valence-electron chi connectivity index (χ1n) is 17.7. The predicted octanol–water partition coefficient (Wildman–Crippen LogP) is 6.35. The van der Waals surface area contributed by atoms with Crippen LogP contribution in [0.4, 0.5) is 19.0 Å². The minimum Gasteiger partial charge on any atom is -0.508 e. The van der Waals surface area contributed by atoms with Crippen LogP contribution in [0.2, 0.25) is 0 Å². The van der Waals surface area contributed by atoms with Gasteiger partial charge < -0.3 is 25.0 Å². The molecule has 12 heteroatoms. The zero-order chi connectivity index (χ0) is 35.0. The Morgan fingerprint density at radius 3 is 2.55 bits per heavy atom. The van der Waals surface area contributed by atoms with Crippen molar-refractivity contribution in [1.82, 2.24) is 30.0 Å². The molecule has 0 amide bonds. The van der Waals surface area contributed by atoms with E-state index in [0.29, 0.717) is 52.6 Å². The van der Waals surface area contributed by atoms with Crippen molar-refractivity contribution in [2.24, 2.45) is 12.5 Å². The van der Waals surface area contributed by atoms with Crippen molar-refractivity contribution >= 4 is 38.4 Å². The van der Waals surface area contributed by atoms with Gasteiger partial charge in [-0.25, -0.2) is 13.2 Å². The van der Waals surface area contributed by atoms with Crippen LogP contribution in [0.25, 0.3) is 43.7 Å². The van der Waals surface area contributed by atoms with Gasteiger partial charge in [0.15, 0.2) is 5.82 Å². The molecule has 1 saturated carbocycles. The molecule has 0 spiro atoms. The molecule has 5 aromatic rings. The minimum absolute atomic E-state index is 0.0323. The van der Waals surface area contributed by atoms with Crippen molar-refractivity contribution in [3.05, 3.63) is 59.6 Å². The molecule has 9 nitrogen and oxygen atoms in total. The number of likely N-dealkylation sites (tertiary alicyclic amines) is 1. The van der Waals surface area contributed by atoms with Crippen molar-refractivity contribution in [3.63, 3.8) is 0 Å². The minimum atomic E-state index is -0.687. The molecule has 4 aliphatic rings. The van der Waals surface area contributed by atoms with Crippen LogP contribution in [0.3, 0.4) is 0 Å². The van der Waals surface area contributed by atoms with Gasteiger partial charge in [-0.05, 0) is 73.2 Å². The topological polar surface area (TPSA) is 91.6 Å². The summed E-state index contributed by atoms with van der Waals surface area (Å²) in [5.74, 6) is 1.59. The average molecular weight is 694 g/mol. The van der Waals surface area contributed by atoms with Gasteiger partial charge in [0.2, 0.25) is 0 Å². The van der Waals surface area contributed by atoms with E-state index in [1.165, 1.54) is 24.3 Å². The Balaban J connectivity index is 1.20. The van der Waals surface area contributed by atoms with Gasteiger partial charge in [0, 0.05) is 79.8 Å². The highest BCUT2D eigenvalue weighted by atomic mass is 19.1. The Hall–Kier alpha value is -4.86. The number of halogens is 3. The number of aryl methyl sites for hydroxylation is 1. The number of hydrogen-bond acceptors (Lipinski definition) is 8. The van der Waals surface area contributed by atoms with E-state index in [1.54, 1.807) is 11.7 Å². The van der Waals surface area contributed by atoms with E-state index >= 15 is 8.78 Å². The van der Waals surface area contributed by atoms with Gasteiger partial charge in [-0.1, -0.05) is 12.0 Å². The number of nitrogens with one attached hydrogen (secondary N) is 1. The van der Waals surface area contributed by atoms with Crippen LogP contribution in [0.15, 0.2) is 42.4 Å². The molecule has 2 N–H and O–H groups in total. The molecule has 262 valence electrons. The highest BCUT2D eigenvalue weighted by Gasteiger charge is 2.45. The van der Waals surface area contributed by atoms with Crippen molar-refractivity contribution in [2.45, 2.75) is 50.6 Å². The maximum Gasteiger partial charge on any atom is 0.319 e. The van der Waals surface area contributed by atoms with Crippen LogP contribution >= 0.6 is 0 Å². The zero-order valence-corrected chi connectivity index (χ0v) is 28.4. The average Bonchev–Trinajstić information content (AvgIpc) is 3.66. The summed E-state index contributed by atoms with van der Waals surface area (Å²) in [5.41, 5.74) is 1.40. The number of aromatic hydroxyl groups is 1. The second-order valence-electron chi connectivity index (χ2n) is 14.8. The maximum atomic E-state index is 17.5. The predicted molar refractivity (Wildman–Crippen MR) is 190 cm³/mol. The van der Waals surface area contributed by atoms with Gasteiger partial charge in [-0.2, -0.15) is 15.1 Å². The molecule has 9 rings (SSSR count). The molecule has 2 atom stereocenters. The van der Waals surface area contributed by atoms with Gasteiger partial charge in [0.1, 0.15) is 28.4 Å². The summed E-state index contributed by atoms with van der Waals surface area (Å²) in [6.07, 6.45) is 13.9. The van der Waals surface area contributed by atoms with E-state index in [2.05, 4.69) is 21.0 Å². The fourth-order valence-corrected chi connectivity index (χ4v) is 8.51. The van der Waals surface area contributed by atoms with Crippen LogP contribution < -0.4 is 15.0 Å². The Bertz CT molecular complexity index is 2290. The quantitative estimate of drug-likeness (QED) is 0.191. The second kappa shape index (κ2) is 12.1. The normalized spacial score (nSPS) is 21.5. The van der Waals surface area contributed by atoms with Gasteiger partial charge in [0.05, 0.1) is 23.9 Å². The van der Waals surface area contributed by atoms with Crippen LogP contribution in [0.5, 0.6) is 11.8 Å². The molecular weight excluding hydrogens is 655 g/mol. The lowest BCUT2D eigenvalue weighted by Gasteiger charge is -2.34. The third-order valence-corrected chi connectivity index (χ3v) is 11.3. The van der Waals surface area contributed by atoms with Crippen molar-refractivity contribution < 1.29 is 23.0 Å². The van der Waals surface area contributed by atoms with Gasteiger partial charge in [-0.3, -0.25) is 4.68 Å². The number of rotatable bonds is 7. The number of hydrogen-bond donors (Lipinski definition) is 2. The molecule has 1 aliphatic carbocycles. The first kappa shape index (κ1) is 32.1. The largest absolute Gasteiger partial charge is 0.508 e. The van der Waals surface area contributed by atoms with Crippen molar-refractivity contribution in [1.29, 1.82) is 0 Å². The fourth-order valence-electron chi connectivity index (χ4n) is 8.51. The summed E-state index contributed by atoms with van der Waals surface area (Å²) in [5, 5.41) is 21.1. The molecule has 2 bridgehead atoms. The SMILES string of the molecule is C#Cc1c(F)ccc2cc(O)cc(-c3c(F)c4nc(OCC5(CN6CCC(=CF)CC6)CC5)nc(N5C[C@H]6CC[C@@H](C5)N6)c4c4cn(C)nc34)c12. The number of benzene rings is 3. The molecule has 2 aromatic heterocycles. The summed E-state index contributed by atoms with van der Waals surface area (Å²) in [7, 11) is 1.76. The summed E-state index contributed by atoms with van der Waals surface area (Å²) < 4.78 is 53.8. The van der Waals surface area contributed by atoms with E-state index in [-0.39, 0.29) is 51.5 Å². The van der Waals surface area contributed by atoms with E-state index in [9.17, 15) is 9.50 Å². The lowest BCUT2D eigenvalue weighted by Crippen LogP contribution is -2.51. The lowest BCUT2D eigenvalue weighted by atomic mass is 9.91. The molecule has 5 heterocycles. The number of piperazine rings is 1. The third kappa shape index (κ3) is 5.54. The van der Waals surface area contributed by atoms with Crippen LogP contribution in [-0.4, -0.2) is 81.2 Å². The molecule has 3 saturated heterocycles. The number of terminal acetylenes is 1. The zero-order valence-electron chi connectivity index (χ0n) is 28.4. The number of nitrogens with zero attached hydrogens (tertiary/aromatic N) is 6. The van der Waals surface area contributed by atoms with E-state index in [0.717, 1.165) is 70.1 Å². The summed E-state index contributed by atoms with van der Waals surface area (Å²) in [6.45, 7) is 4.22. The Morgan fingerprint density at radius 2 is 1.84 bits per heavy atom. The fraction of sp³-hybridized carbons (Fsp3) is 0.410. The number of phenols is 1. The molecule has 4 fully saturated rings. The number of fused-ring (bicyclic) bond motifs is 6. The number of piperidine rings is 1. The van der Waals surface area contributed by atoms with Gasteiger partial charge >= 0.3 is 6.01 Å². The Morgan fingerprint density at radius 1 is 1.08 bits per heavy atom. The summed E-state index contributed by atoms with van der Waals surface area (Å²) in [6, 6.07) is 6.30. The highest BCUT2D eigenvalue weighted by Crippen LogP contribution is 2.48. The standard InChI is InChI=1S/C39H38F3N7O2/c1-3-27-30(41)7-4-23-14-26(50)15-28(31(23)27)32-34(42)36-33(29-19-47(2)46-35(29)32)37(49-17-24-5-6-25(18-49)43-24)45-38(44-36)51-21-39(10-11-39)20-48-12-8-22(16-40)9-13-48/h1,4,7,14-16,19,24-25,43,50H,5-6,8-13,17-18,20-21H2,2H3/t24-,25+. The van der Waals surface area contributed by atoms with Crippen molar-refractivity contribution in [3.8, 4) is 35.2 Å². The number of phenolic OH excluding ortho intramolecular Hbond substituents is 1. The first-order valence-corrected chi connectivity index (χ1v) is 17.7. The number of ether oxygens (including phenoxy) is 1. The first-order chi connectivity index (χ1) is 24.7. The second-order valence-corrected chi connectivity index (χ2v) is 14.8. The smallest absolute Gasteiger partial charge is 0.319 e. The number of aromatic nitrogens is 4. The summed E-state index contributed by atoms with van der Waals surface area (Å²) in [4.78, 5) is 14.3. The maximum absolute atomic E-state index is 17.5. The molecule has 3 aliphatic heterocycles. The van der Waals surface area contributed by atoms with E-state index < -0.39 is 11.6 Å². The lowest BCUT2D eigenvalue weighted by molar-refractivity contribution is 0.148. The molecule has 0 radical (unpaired) electrons. The molecule has 3 aromatic carbocycles.